The Bertz CT molecular complexity index is 1150. The number of halogens is 1. The van der Waals surface area contributed by atoms with Gasteiger partial charge in [0.15, 0.2) is 0 Å². The van der Waals surface area contributed by atoms with Crippen molar-refractivity contribution in [2.24, 2.45) is 0 Å². The summed E-state index contributed by atoms with van der Waals surface area (Å²) in [5, 5.41) is 2.67. The summed E-state index contributed by atoms with van der Waals surface area (Å²) in [7, 11) is 0. The molecule has 0 radical (unpaired) electrons. The van der Waals surface area contributed by atoms with Crippen LogP contribution in [0.15, 0.2) is 58.4 Å². The Morgan fingerprint density at radius 2 is 2.11 bits per heavy atom. The van der Waals surface area contributed by atoms with Crippen LogP contribution in [0, 0.1) is 0 Å². The number of benzene rings is 1. The van der Waals surface area contributed by atoms with Crippen molar-refractivity contribution in [1.82, 2.24) is 9.38 Å². The highest BCUT2D eigenvalue weighted by Gasteiger charge is 2.29. The molecule has 1 atom stereocenters. The summed E-state index contributed by atoms with van der Waals surface area (Å²) in [4.78, 5) is 41.6. The van der Waals surface area contributed by atoms with Gasteiger partial charge in [0.1, 0.15) is 12.3 Å². The lowest BCUT2D eigenvalue weighted by Crippen LogP contribution is -2.31. The number of hydrogen-bond donors (Lipinski definition) is 1. The molecule has 1 aliphatic heterocycles. The van der Waals surface area contributed by atoms with Gasteiger partial charge in [-0.25, -0.2) is 4.98 Å². The SMILES string of the molecule is O=C(CC1Sc2ccc(Cl)cc2NC1=O)OCc1cc(=O)n2ccccc2n1. The second kappa shape index (κ2) is 7.65. The summed E-state index contributed by atoms with van der Waals surface area (Å²) < 4.78 is 6.63. The lowest BCUT2D eigenvalue weighted by Gasteiger charge is -2.23. The van der Waals surface area contributed by atoms with Crippen LogP contribution in [0.3, 0.4) is 0 Å². The van der Waals surface area contributed by atoms with Crippen molar-refractivity contribution in [2.75, 3.05) is 5.32 Å². The van der Waals surface area contributed by atoms with Crippen molar-refractivity contribution in [3.63, 3.8) is 0 Å². The maximum absolute atomic E-state index is 12.2. The molecule has 1 aromatic carbocycles. The van der Waals surface area contributed by atoms with Crippen LogP contribution in [0.5, 0.6) is 0 Å². The van der Waals surface area contributed by atoms with Crippen molar-refractivity contribution >= 4 is 46.6 Å². The van der Waals surface area contributed by atoms with E-state index in [0.717, 1.165) is 4.90 Å². The average molecular weight is 416 g/mol. The van der Waals surface area contributed by atoms with Gasteiger partial charge in [0, 0.05) is 22.2 Å². The number of carbonyl (C=O) groups excluding carboxylic acids is 2. The summed E-state index contributed by atoms with van der Waals surface area (Å²) in [6.07, 6.45) is 1.52. The second-order valence-corrected chi connectivity index (χ2v) is 7.80. The van der Waals surface area contributed by atoms with Crippen LogP contribution in [0.1, 0.15) is 12.1 Å². The number of fused-ring (bicyclic) bond motifs is 2. The summed E-state index contributed by atoms with van der Waals surface area (Å²) in [5.74, 6) is -0.820. The number of rotatable bonds is 4. The third-order valence-corrected chi connectivity index (χ3v) is 5.63. The zero-order valence-corrected chi connectivity index (χ0v) is 16.0. The number of esters is 1. The number of pyridine rings is 1. The molecule has 142 valence electrons. The Hall–Kier alpha value is -2.84. The Morgan fingerprint density at radius 1 is 1.25 bits per heavy atom. The number of anilines is 1. The van der Waals surface area contributed by atoms with Crippen LogP contribution >= 0.6 is 23.4 Å². The standard InChI is InChI=1S/C19H14ClN3O4S/c20-11-4-5-14-13(7-11)22-19(26)15(28-14)9-18(25)27-10-12-8-17(24)23-6-2-1-3-16(23)21-12/h1-8,15H,9-10H2,(H,22,26). The number of carbonyl (C=O) groups is 2. The molecule has 0 fully saturated rings. The molecule has 0 saturated heterocycles. The molecule has 1 unspecified atom stereocenters. The molecule has 0 saturated carbocycles. The number of ether oxygens (including phenoxy) is 1. The zero-order chi connectivity index (χ0) is 19.7. The molecule has 3 heterocycles. The summed E-state index contributed by atoms with van der Waals surface area (Å²) in [5.41, 5.74) is 1.20. The van der Waals surface area contributed by atoms with Crippen molar-refractivity contribution in [2.45, 2.75) is 23.2 Å². The molecule has 1 aliphatic rings. The third-order valence-electron chi connectivity index (χ3n) is 4.12. The number of hydrogen-bond acceptors (Lipinski definition) is 6. The minimum absolute atomic E-state index is 0.0921. The number of amides is 1. The van der Waals surface area contributed by atoms with Crippen molar-refractivity contribution < 1.29 is 14.3 Å². The highest BCUT2D eigenvalue weighted by atomic mass is 35.5. The van der Waals surface area contributed by atoms with Crippen LogP contribution in [0.2, 0.25) is 5.02 Å². The van der Waals surface area contributed by atoms with E-state index in [1.807, 2.05) is 0 Å². The van der Waals surface area contributed by atoms with Gasteiger partial charge in [-0.3, -0.25) is 18.8 Å². The fourth-order valence-corrected chi connectivity index (χ4v) is 4.05. The second-order valence-electron chi connectivity index (χ2n) is 6.12. The number of aromatic nitrogens is 2. The van der Waals surface area contributed by atoms with Gasteiger partial charge in [-0.1, -0.05) is 17.7 Å². The van der Waals surface area contributed by atoms with Crippen molar-refractivity contribution in [1.29, 1.82) is 0 Å². The number of nitrogens with zero attached hydrogens (tertiary/aromatic N) is 2. The molecule has 7 nitrogen and oxygen atoms in total. The van der Waals surface area contributed by atoms with E-state index in [0.29, 0.717) is 22.1 Å². The number of nitrogens with one attached hydrogen (secondary N) is 1. The molecule has 1 N–H and O–H groups in total. The fraction of sp³-hybridized carbons (Fsp3) is 0.158. The summed E-state index contributed by atoms with van der Waals surface area (Å²) in [6, 6.07) is 11.7. The maximum atomic E-state index is 12.2. The molecule has 0 aliphatic carbocycles. The molecule has 9 heteroatoms. The Kier molecular flexibility index (Phi) is 5.06. The smallest absolute Gasteiger partial charge is 0.307 e. The molecule has 0 bridgehead atoms. The largest absolute Gasteiger partial charge is 0.459 e. The Labute approximate surface area is 168 Å². The van der Waals surface area contributed by atoms with E-state index in [1.165, 1.54) is 22.2 Å². The van der Waals surface area contributed by atoms with E-state index in [1.54, 1.807) is 42.6 Å². The molecule has 4 rings (SSSR count). The Morgan fingerprint density at radius 3 is 2.96 bits per heavy atom. The van der Waals surface area contributed by atoms with Gasteiger partial charge < -0.3 is 10.1 Å². The molecule has 0 spiro atoms. The quantitative estimate of drug-likeness (QED) is 0.659. The molecular weight excluding hydrogens is 402 g/mol. The van der Waals surface area contributed by atoms with Crippen molar-refractivity contribution in [3.8, 4) is 0 Å². The van der Waals surface area contributed by atoms with Gasteiger partial charge >= 0.3 is 5.97 Å². The topological polar surface area (TPSA) is 89.8 Å². The summed E-state index contributed by atoms with van der Waals surface area (Å²) >= 11 is 7.22. The van der Waals surface area contributed by atoms with E-state index in [4.69, 9.17) is 16.3 Å². The molecule has 28 heavy (non-hydrogen) atoms. The van der Waals surface area contributed by atoms with Gasteiger partial charge in [-0.15, -0.1) is 11.8 Å². The average Bonchev–Trinajstić information content (AvgIpc) is 2.67. The predicted molar refractivity (Wildman–Crippen MR) is 106 cm³/mol. The van der Waals surface area contributed by atoms with Gasteiger partial charge in [0.05, 0.1) is 23.1 Å². The zero-order valence-electron chi connectivity index (χ0n) is 14.4. The molecule has 3 aromatic rings. The van der Waals surface area contributed by atoms with E-state index >= 15 is 0 Å². The normalized spacial score (nSPS) is 15.8. The molecule has 1 amide bonds. The fourth-order valence-electron chi connectivity index (χ4n) is 2.80. The van der Waals surface area contributed by atoms with E-state index in [9.17, 15) is 14.4 Å². The lowest BCUT2D eigenvalue weighted by molar-refractivity contribution is -0.145. The lowest BCUT2D eigenvalue weighted by atomic mass is 10.2. The monoisotopic (exact) mass is 415 g/mol. The van der Waals surface area contributed by atoms with Gasteiger partial charge in [-0.05, 0) is 30.3 Å². The van der Waals surface area contributed by atoms with E-state index in [-0.39, 0.29) is 24.5 Å². The van der Waals surface area contributed by atoms with Crippen LogP contribution in [0.4, 0.5) is 5.69 Å². The van der Waals surface area contributed by atoms with Crippen LogP contribution in [0.25, 0.3) is 5.65 Å². The maximum Gasteiger partial charge on any atom is 0.307 e. The van der Waals surface area contributed by atoms with Gasteiger partial charge in [0.25, 0.3) is 5.56 Å². The first-order valence-electron chi connectivity index (χ1n) is 8.39. The van der Waals surface area contributed by atoms with Crippen molar-refractivity contribution in [3.05, 3.63) is 69.7 Å². The molecular formula is C19H14ClN3O4S. The van der Waals surface area contributed by atoms with E-state index in [2.05, 4.69) is 10.3 Å². The highest BCUT2D eigenvalue weighted by molar-refractivity contribution is 8.01. The first-order valence-corrected chi connectivity index (χ1v) is 9.65. The van der Waals surface area contributed by atoms with Crippen LogP contribution < -0.4 is 10.9 Å². The highest BCUT2D eigenvalue weighted by Crippen LogP contribution is 2.38. The van der Waals surface area contributed by atoms with Gasteiger partial charge in [-0.2, -0.15) is 0 Å². The summed E-state index contributed by atoms with van der Waals surface area (Å²) in [6.45, 7) is -0.134. The van der Waals surface area contributed by atoms with Crippen LogP contribution in [-0.2, 0) is 20.9 Å². The first-order chi connectivity index (χ1) is 13.5. The Balaban J connectivity index is 1.40. The minimum Gasteiger partial charge on any atom is -0.459 e. The minimum atomic E-state index is -0.601. The first kappa shape index (κ1) is 18.5. The molecule has 2 aromatic heterocycles. The third kappa shape index (κ3) is 3.88. The van der Waals surface area contributed by atoms with Crippen LogP contribution in [-0.4, -0.2) is 26.5 Å². The number of thioether (sulfide) groups is 1. The van der Waals surface area contributed by atoms with E-state index < -0.39 is 11.2 Å². The predicted octanol–water partition coefficient (Wildman–Crippen LogP) is 2.89. The van der Waals surface area contributed by atoms with Gasteiger partial charge in [0.2, 0.25) is 5.91 Å².